The number of amides is 1. The molecule has 6 heterocycles. The fourth-order valence-corrected chi connectivity index (χ4v) is 9.57. The van der Waals surface area contributed by atoms with Gasteiger partial charge in [-0.1, -0.05) is 6.07 Å². The van der Waals surface area contributed by atoms with Crippen LogP contribution in [0.3, 0.4) is 0 Å². The zero-order chi connectivity index (χ0) is 32.8. The topological polar surface area (TPSA) is 171 Å². The van der Waals surface area contributed by atoms with Crippen molar-refractivity contribution in [3.05, 3.63) is 39.4 Å². The molecule has 0 aromatic heterocycles. The van der Waals surface area contributed by atoms with Crippen LogP contribution in [0.25, 0.3) is 0 Å². The number of aryl methyl sites for hydroxylation is 1. The van der Waals surface area contributed by atoms with Crippen molar-refractivity contribution in [3.8, 4) is 34.8 Å². The second-order valence-corrected chi connectivity index (χ2v) is 13.6. The fourth-order valence-electron chi connectivity index (χ4n) is 8.06. The van der Waals surface area contributed by atoms with Crippen molar-refractivity contribution in [1.29, 1.82) is 5.26 Å². The van der Waals surface area contributed by atoms with Gasteiger partial charge in [-0.2, -0.15) is 5.26 Å². The number of hydrogen-bond acceptors (Lipinski definition) is 13. The molecule has 46 heavy (non-hydrogen) atoms. The molecule has 3 N–H and O–H groups in total. The van der Waals surface area contributed by atoms with Crippen LogP contribution in [0.5, 0.6) is 28.7 Å². The first-order chi connectivity index (χ1) is 21.9. The molecule has 13 nitrogen and oxygen atoms in total. The highest BCUT2D eigenvalue weighted by atomic mass is 32.2. The molecule has 0 radical (unpaired) electrons. The van der Waals surface area contributed by atoms with Gasteiger partial charge in [0, 0.05) is 53.9 Å². The number of piperazine rings is 1. The summed E-state index contributed by atoms with van der Waals surface area (Å²) in [5.41, 5.74) is 3.73. The third-order valence-electron chi connectivity index (χ3n) is 9.86. The number of nitrogens with one attached hydrogen (secondary N) is 1. The number of esters is 2. The van der Waals surface area contributed by atoms with E-state index in [1.54, 1.807) is 13.8 Å². The molecule has 2 aromatic rings. The van der Waals surface area contributed by atoms with E-state index in [0.717, 1.165) is 5.56 Å². The number of hydrogen-bond donors (Lipinski definition) is 3. The number of nitrogens with zero attached hydrogens (tertiary/aromatic N) is 3. The Bertz CT molecular complexity index is 1740. The number of likely N-dealkylation sites (N-methyl/N-ethyl adjacent to an activating group) is 1. The minimum Gasteiger partial charge on any atom is -0.504 e. The molecule has 242 valence electrons. The Hall–Kier alpha value is -4.19. The van der Waals surface area contributed by atoms with E-state index in [1.165, 1.54) is 25.6 Å². The van der Waals surface area contributed by atoms with Crippen LogP contribution >= 0.6 is 11.8 Å². The summed E-state index contributed by atoms with van der Waals surface area (Å²) in [5.74, 6) is -0.743. The Kier molecular flexibility index (Phi) is 7.26. The molecule has 8 rings (SSSR count). The van der Waals surface area contributed by atoms with Crippen LogP contribution in [0, 0.1) is 25.2 Å². The number of aromatic hydroxyl groups is 2. The van der Waals surface area contributed by atoms with Crippen LogP contribution in [0.2, 0.25) is 0 Å². The van der Waals surface area contributed by atoms with Gasteiger partial charge in [-0.15, -0.1) is 11.8 Å². The maximum atomic E-state index is 13.4. The van der Waals surface area contributed by atoms with Crippen molar-refractivity contribution >= 4 is 29.6 Å². The predicted molar refractivity (Wildman–Crippen MR) is 163 cm³/mol. The molecule has 0 saturated carbocycles. The minimum absolute atomic E-state index is 0.0694. The molecular formula is C32H34N4O9S. The Balaban J connectivity index is 1.54. The largest absolute Gasteiger partial charge is 0.504 e. The minimum atomic E-state index is -0.967. The van der Waals surface area contributed by atoms with Crippen molar-refractivity contribution in [2.24, 2.45) is 0 Å². The van der Waals surface area contributed by atoms with E-state index in [4.69, 9.17) is 18.9 Å². The van der Waals surface area contributed by atoms with Gasteiger partial charge in [-0.3, -0.25) is 19.4 Å². The lowest BCUT2D eigenvalue weighted by Crippen LogP contribution is -2.69. The summed E-state index contributed by atoms with van der Waals surface area (Å²) in [5, 5.41) is 35.4. The summed E-state index contributed by atoms with van der Waals surface area (Å²) in [7, 11) is 1.91. The Morgan fingerprint density at radius 1 is 1.11 bits per heavy atom. The number of carbonyl (C=O) groups excluding carboxylic acids is 3. The smallest absolute Gasteiger partial charge is 0.329 e. The van der Waals surface area contributed by atoms with Gasteiger partial charge in [-0.25, -0.2) is 4.79 Å². The number of phenols is 2. The predicted octanol–water partition coefficient (Wildman–Crippen LogP) is 2.43. The van der Waals surface area contributed by atoms with E-state index in [0.29, 0.717) is 51.5 Å². The molecule has 2 fully saturated rings. The van der Waals surface area contributed by atoms with E-state index >= 15 is 0 Å². The van der Waals surface area contributed by atoms with Crippen LogP contribution in [-0.2, 0) is 25.5 Å². The third kappa shape index (κ3) is 4.32. The average Bonchev–Trinajstić information content (AvgIpc) is 3.49. The molecule has 1 unspecified atom stereocenters. The van der Waals surface area contributed by atoms with E-state index in [2.05, 4.69) is 21.2 Å². The normalized spacial score (nSPS) is 29.5. The molecule has 1 amide bonds. The zero-order valence-corrected chi connectivity index (χ0v) is 26.8. The van der Waals surface area contributed by atoms with Crippen molar-refractivity contribution in [1.82, 2.24) is 15.1 Å². The summed E-state index contributed by atoms with van der Waals surface area (Å²) in [6, 6.07) is 0.566. The van der Waals surface area contributed by atoms with E-state index < -0.39 is 53.3 Å². The van der Waals surface area contributed by atoms with Crippen molar-refractivity contribution in [2.45, 2.75) is 75.6 Å². The number of thioether (sulfide) groups is 1. The van der Waals surface area contributed by atoms with Gasteiger partial charge in [0.05, 0.1) is 23.4 Å². The lowest BCUT2D eigenvalue weighted by molar-refractivity contribution is -0.152. The number of nitriles is 1. The molecule has 14 heteroatoms. The number of ether oxygens (including phenoxy) is 4. The fraction of sp³-hybridized carbons (Fsp3) is 0.500. The monoisotopic (exact) mass is 650 g/mol. The molecule has 2 saturated heterocycles. The lowest BCUT2D eigenvalue weighted by atomic mass is 9.71. The summed E-state index contributed by atoms with van der Waals surface area (Å²) >= 11 is 1.36. The van der Waals surface area contributed by atoms with Gasteiger partial charge in [-0.05, 0) is 38.4 Å². The summed E-state index contributed by atoms with van der Waals surface area (Å²) in [6.07, 6.45) is 0.435. The third-order valence-corrected chi connectivity index (χ3v) is 11.3. The zero-order valence-electron chi connectivity index (χ0n) is 25.9. The summed E-state index contributed by atoms with van der Waals surface area (Å²) < 4.78 is 23.8. The molecular weight excluding hydrogens is 616 g/mol. The number of carbonyl (C=O) groups is 3. The highest BCUT2D eigenvalue weighted by Gasteiger charge is 2.60. The summed E-state index contributed by atoms with van der Waals surface area (Å²) in [4.78, 5) is 42.2. The second-order valence-electron chi connectivity index (χ2n) is 12.4. The van der Waals surface area contributed by atoms with Gasteiger partial charge in [0.2, 0.25) is 12.7 Å². The van der Waals surface area contributed by atoms with Crippen molar-refractivity contribution < 1.29 is 43.5 Å². The second kappa shape index (κ2) is 11.0. The van der Waals surface area contributed by atoms with Crippen LogP contribution in [-0.4, -0.2) is 88.2 Å². The molecule has 0 spiro atoms. The molecule has 6 aliphatic rings. The lowest BCUT2D eigenvalue weighted by Gasteiger charge is -2.61. The van der Waals surface area contributed by atoms with Gasteiger partial charge < -0.3 is 34.5 Å². The quantitative estimate of drug-likeness (QED) is 0.246. The van der Waals surface area contributed by atoms with Crippen LogP contribution in [0.1, 0.15) is 64.6 Å². The van der Waals surface area contributed by atoms with Crippen LogP contribution in [0.15, 0.2) is 6.07 Å². The number of phenolic OH excluding ortho intramolecular Hbond substituents is 2. The van der Waals surface area contributed by atoms with Crippen LogP contribution < -0.4 is 19.5 Å². The average molecular weight is 651 g/mol. The first-order valence-corrected chi connectivity index (χ1v) is 16.1. The van der Waals surface area contributed by atoms with Gasteiger partial charge >= 0.3 is 11.9 Å². The number of fused-ring (bicyclic) bond motifs is 10. The van der Waals surface area contributed by atoms with Crippen LogP contribution in [0.4, 0.5) is 0 Å². The maximum absolute atomic E-state index is 13.4. The standard InChI is InChI=1S/C32H34N4O9S/c1-12-6-16-7-18-19(8-33)36-20-9-42-32(41)17(34-14(3)37)10-46-31(25(36)24(35(18)5)21(16)27(40)26(12)39)23-22(20)30-29(43-11-44-30)13(2)28(23)45-15(4)38/h6,17-20,24-25,31,39-40H,7,9-11H2,1-5H3,(H,34,37)/t17-,18-,19+,20-,24-,25?,31-/m1/s1. The molecule has 6 aliphatic heterocycles. The number of benzene rings is 2. The Labute approximate surface area is 269 Å². The van der Waals surface area contributed by atoms with E-state index in [9.17, 15) is 29.9 Å². The molecule has 2 aromatic carbocycles. The summed E-state index contributed by atoms with van der Waals surface area (Å²) in [6.45, 7) is 5.88. The highest BCUT2D eigenvalue weighted by molar-refractivity contribution is 7.99. The molecule has 4 bridgehead atoms. The van der Waals surface area contributed by atoms with Crippen molar-refractivity contribution in [3.63, 3.8) is 0 Å². The van der Waals surface area contributed by atoms with Gasteiger partial charge in [0.15, 0.2) is 23.0 Å². The first kappa shape index (κ1) is 30.5. The van der Waals surface area contributed by atoms with Gasteiger partial charge in [0.1, 0.15) is 24.4 Å². The number of rotatable bonds is 2. The first-order valence-electron chi connectivity index (χ1n) is 15.1. The molecule has 0 aliphatic carbocycles. The SMILES string of the molecule is CC(=O)N[C@@H]1CS[C@@H]2c3c(OC(C)=O)c(C)c4c(c3[C@@H](COC1=O)N1C2[C@H]2c3c(cc(C)c(O)c3O)C[C@H]([C@@H]1C#N)N2C)OCO4. The van der Waals surface area contributed by atoms with E-state index in [1.807, 2.05) is 13.1 Å². The van der Waals surface area contributed by atoms with E-state index in [-0.39, 0.29) is 36.7 Å². The highest BCUT2D eigenvalue weighted by Crippen LogP contribution is 2.64. The van der Waals surface area contributed by atoms with Crippen molar-refractivity contribution in [2.75, 3.05) is 26.2 Å². The molecule has 7 atom stereocenters. The Morgan fingerprint density at radius 2 is 1.85 bits per heavy atom. The Morgan fingerprint density at radius 3 is 2.54 bits per heavy atom. The van der Waals surface area contributed by atoms with Gasteiger partial charge in [0.25, 0.3) is 0 Å². The maximum Gasteiger partial charge on any atom is 0.329 e.